The molecule has 7 nitrogen and oxygen atoms in total. The molecule has 0 aliphatic carbocycles. The molecule has 27 heavy (non-hydrogen) atoms. The first-order valence-electron chi connectivity index (χ1n) is 8.24. The van der Waals surface area contributed by atoms with Gasteiger partial charge in [-0.1, -0.05) is 22.0 Å². The van der Waals surface area contributed by atoms with Crippen molar-refractivity contribution in [1.29, 1.82) is 0 Å². The number of carbonyl (C=O) groups excluding carboxylic acids is 2. The molecular formula is C19H17BrN4O3. The second-order valence-corrected chi connectivity index (χ2v) is 6.78. The van der Waals surface area contributed by atoms with Crippen molar-refractivity contribution in [2.45, 2.75) is 13.0 Å². The van der Waals surface area contributed by atoms with Crippen LogP contribution < -0.4 is 16.2 Å². The van der Waals surface area contributed by atoms with Crippen LogP contribution >= 0.6 is 15.9 Å². The molecule has 1 heterocycles. The van der Waals surface area contributed by atoms with E-state index in [-0.39, 0.29) is 30.3 Å². The minimum atomic E-state index is -0.259. The van der Waals surface area contributed by atoms with Gasteiger partial charge in [0.05, 0.1) is 17.2 Å². The first-order valence-corrected chi connectivity index (χ1v) is 9.04. The number of hydrogen-bond donors (Lipinski definition) is 2. The molecule has 0 radical (unpaired) electrons. The van der Waals surface area contributed by atoms with Gasteiger partial charge < -0.3 is 10.6 Å². The maximum absolute atomic E-state index is 12.5. The molecule has 0 bridgehead atoms. The molecule has 2 N–H and O–H groups in total. The van der Waals surface area contributed by atoms with Crippen molar-refractivity contribution in [3.63, 3.8) is 0 Å². The lowest BCUT2D eigenvalue weighted by Crippen LogP contribution is -2.24. The van der Waals surface area contributed by atoms with Gasteiger partial charge in [0.25, 0.3) is 11.5 Å². The fourth-order valence-electron chi connectivity index (χ4n) is 2.62. The van der Waals surface area contributed by atoms with Crippen molar-refractivity contribution >= 4 is 44.3 Å². The van der Waals surface area contributed by atoms with Crippen LogP contribution in [0, 0.1) is 0 Å². The van der Waals surface area contributed by atoms with E-state index in [0.717, 1.165) is 4.47 Å². The number of rotatable bonds is 5. The molecule has 0 atom stereocenters. The van der Waals surface area contributed by atoms with Crippen LogP contribution in [-0.4, -0.2) is 28.4 Å². The van der Waals surface area contributed by atoms with Gasteiger partial charge in [-0.2, -0.15) is 0 Å². The summed E-state index contributed by atoms with van der Waals surface area (Å²) in [5, 5.41) is 5.76. The monoisotopic (exact) mass is 428 g/mol. The summed E-state index contributed by atoms with van der Waals surface area (Å²) in [4.78, 5) is 40.7. The Bertz CT molecular complexity index is 1080. The average molecular weight is 429 g/mol. The number of nitrogens with one attached hydrogen (secondary N) is 2. The maximum atomic E-state index is 12.5. The zero-order chi connectivity index (χ0) is 19.4. The molecule has 0 aliphatic rings. The van der Waals surface area contributed by atoms with E-state index in [1.54, 1.807) is 43.4 Å². The second kappa shape index (κ2) is 8.13. The predicted molar refractivity (Wildman–Crippen MR) is 107 cm³/mol. The van der Waals surface area contributed by atoms with Crippen LogP contribution in [0.5, 0.6) is 0 Å². The van der Waals surface area contributed by atoms with Crippen molar-refractivity contribution in [3.05, 3.63) is 69.2 Å². The lowest BCUT2D eigenvalue weighted by molar-refractivity contribution is -0.116. The number of benzene rings is 2. The summed E-state index contributed by atoms with van der Waals surface area (Å²) in [7, 11) is 1.54. The van der Waals surface area contributed by atoms with Gasteiger partial charge in [0.1, 0.15) is 0 Å². The Morgan fingerprint density at radius 3 is 2.78 bits per heavy atom. The van der Waals surface area contributed by atoms with Gasteiger partial charge in [-0.15, -0.1) is 0 Å². The lowest BCUT2D eigenvalue weighted by Gasteiger charge is -2.09. The quantitative estimate of drug-likeness (QED) is 0.652. The van der Waals surface area contributed by atoms with E-state index in [4.69, 9.17) is 0 Å². The minimum Gasteiger partial charge on any atom is -0.355 e. The van der Waals surface area contributed by atoms with Crippen LogP contribution in [0.4, 0.5) is 5.69 Å². The van der Waals surface area contributed by atoms with E-state index in [1.807, 2.05) is 6.07 Å². The summed E-state index contributed by atoms with van der Waals surface area (Å²) >= 11 is 3.34. The molecule has 3 rings (SSSR count). The van der Waals surface area contributed by atoms with Crippen LogP contribution in [0.25, 0.3) is 10.9 Å². The normalized spacial score (nSPS) is 10.6. The summed E-state index contributed by atoms with van der Waals surface area (Å²) in [6.07, 6.45) is 1.54. The number of aryl methyl sites for hydroxylation is 1. The SMILES string of the molecule is CNC(=O)c1cccc(NC(=O)CCn2cnc3ccc(Br)cc3c2=O)c1. The molecule has 0 fully saturated rings. The Morgan fingerprint density at radius 2 is 2.00 bits per heavy atom. The Balaban J connectivity index is 1.69. The second-order valence-electron chi connectivity index (χ2n) is 5.86. The van der Waals surface area contributed by atoms with E-state index < -0.39 is 0 Å². The Hall–Kier alpha value is -3.00. The van der Waals surface area contributed by atoms with E-state index >= 15 is 0 Å². The van der Waals surface area contributed by atoms with Crippen molar-refractivity contribution in [2.24, 2.45) is 0 Å². The standard InChI is InChI=1S/C19H17BrN4O3/c1-21-18(26)12-3-2-4-14(9-12)23-17(25)7-8-24-11-22-16-6-5-13(20)10-15(16)19(24)27/h2-6,9-11H,7-8H2,1H3,(H,21,26)(H,23,25). The molecular weight excluding hydrogens is 412 g/mol. The summed E-state index contributed by atoms with van der Waals surface area (Å²) in [5.41, 5.74) is 1.38. The third-order valence-electron chi connectivity index (χ3n) is 4.00. The summed E-state index contributed by atoms with van der Waals surface area (Å²) in [6, 6.07) is 11.9. The van der Waals surface area contributed by atoms with E-state index in [9.17, 15) is 14.4 Å². The Morgan fingerprint density at radius 1 is 1.19 bits per heavy atom. The average Bonchev–Trinajstić information content (AvgIpc) is 2.67. The highest BCUT2D eigenvalue weighted by atomic mass is 79.9. The van der Waals surface area contributed by atoms with Gasteiger partial charge in [0.2, 0.25) is 5.91 Å². The number of amides is 2. The van der Waals surface area contributed by atoms with Crippen LogP contribution in [0.3, 0.4) is 0 Å². The molecule has 8 heteroatoms. The number of hydrogen-bond acceptors (Lipinski definition) is 4. The van der Waals surface area contributed by atoms with E-state index in [2.05, 4.69) is 31.5 Å². The zero-order valence-electron chi connectivity index (χ0n) is 14.5. The molecule has 0 aliphatic heterocycles. The van der Waals surface area contributed by atoms with Crippen molar-refractivity contribution in [1.82, 2.24) is 14.9 Å². The van der Waals surface area contributed by atoms with Crippen LogP contribution in [0.2, 0.25) is 0 Å². The molecule has 2 amide bonds. The molecule has 138 valence electrons. The smallest absolute Gasteiger partial charge is 0.261 e. The summed E-state index contributed by atoms with van der Waals surface area (Å²) < 4.78 is 2.20. The molecule has 0 spiro atoms. The topological polar surface area (TPSA) is 93.1 Å². The fourth-order valence-corrected chi connectivity index (χ4v) is 2.98. The van der Waals surface area contributed by atoms with Gasteiger partial charge in [0, 0.05) is 35.7 Å². The third kappa shape index (κ3) is 4.40. The van der Waals surface area contributed by atoms with Crippen molar-refractivity contribution < 1.29 is 9.59 Å². The number of carbonyl (C=O) groups is 2. The van der Waals surface area contributed by atoms with Gasteiger partial charge >= 0.3 is 0 Å². The lowest BCUT2D eigenvalue weighted by atomic mass is 10.2. The predicted octanol–water partition coefficient (Wildman–Crippen LogP) is 2.55. The Kier molecular flexibility index (Phi) is 5.66. The van der Waals surface area contributed by atoms with Gasteiger partial charge in [-0.3, -0.25) is 19.0 Å². The number of aromatic nitrogens is 2. The van der Waals surface area contributed by atoms with Crippen LogP contribution in [-0.2, 0) is 11.3 Å². The summed E-state index contributed by atoms with van der Waals surface area (Å²) in [6.45, 7) is 0.204. The summed E-state index contributed by atoms with van der Waals surface area (Å²) in [5.74, 6) is -0.489. The molecule has 2 aromatic carbocycles. The number of nitrogens with zero attached hydrogens (tertiary/aromatic N) is 2. The highest BCUT2D eigenvalue weighted by Gasteiger charge is 2.09. The largest absolute Gasteiger partial charge is 0.355 e. The van der Waals surface area contributed by atoms with Crippen molar-refractivity contribution in [3.8, 4) is 0 Å². The van der Waals surface area contributed by atoms with E-state index in [1.165, 1.54) is 10.9 Å². The molecule has 0 saturated carbocycles. The van der Waals surface area contributed by atoms with E-state index in [0.29, 0.717) is 22.2 Å². The van der Waals surface area contributed by atoms with Crippen molar-refractivity contribution in [2.75, 3.05) is 12.4 Å². The molecule has 0 saturated heterocycles. The molecule has 1 aromatic heterocycles. The maximum Gasteiger partial charge on any atom is 0.261 e. The number of fused-ring (bicyclic) bond motifs is 1. The van der Waals surface area contributed by atoms with Crippen LogP contribution in [0.1, 0.15) is 16.8 Å². The Labute approximate surface area is 163 Å². The highest BCUT2D eigenvalue weighted by molar-refractivity contribution is 9.10. The molecule has 3 aromatic rings. The van der Waals surface area contributed by atoms with Crippen LogP contribution in [0.15, 0.2) is 58.1 Å². The van der Waals surface area contributed by atoms with Gasteiger partial charge in [-0.05, 0) is 36.4 Å². The fraction of sp³-hybridized carbons (Fsp3) is 0.158. The number of anilines is 1. The number of halogens is 1. The third-order valence-corrected chi connectivity index (χ3v) is 4.49. The van der Waals surface area contributed by atoms with Gasteiger partial charge in [-0.25, -0.2) is 4.98 Å². The zero-order valence-corrected chi connectivity index (χ0v) is 16.1. The minimum absolute atomic E-state index is 0.102. The highest BCUT2D eigenvalue weighted by Crippen LogP contribution is 2.15. The first-order chi connectivity index (χ1) is 13.0. The molecule has 0 unspecified atom stereocenters. The first kappa shape index (κ1) is 18.8. The van der Waals surface area contributed by atoms with Gasteiger partial charge in [0.15, 0.2) is 0 Å².